The molecule has 3 aromatic carbocycles. The minimum atomic E-state index is -0.327. The van der Waals surface area contributed by atoms with E-state index in [1.54, 1.807) is 43.4 Å². The monoisotopic (exact) mass is 448 g/mol. The van der Waals surface area contributed by atoms with E-state index in [-0.39, 0.29) is 6.09 Å². The zero-order valence-corrected chi connectivity index (χ0v) is 18.9. The predicted octanol–water partition coefficient (Wildman–Crippen LogP) is 4.81. The van der Waals surface area contributed by atoms with Gasteiger partial charge in [0.25, 0.3) is 0 Å². The predicted molar refractivity (Wildman–Crippen MR) is 125 cm³/mol. The third-order valence-electron chi connectivity index (χ3n) is 5.50. The highest BCUT2D eigenvalue weighted by molar-refractivity contribution is 5.70. The highest BCUT2D eigenvalue weighted by Crippen LogP contribution is 2.31. The average molecular weight is 449 g/mol. The first-order chi connectivity index (χ1) is 16.1. The van der Waals surface area contributed by atoms with Crippen molar-refractivity contribution < 1.29 is 23.7 Å². The fourth-order valence-corrected chi connectivity index (χ4v) is 3.69. The van der Waals surface area contributed by atoms with Crippen molar-refractivity contribution in [2.45, 2.75) is 6.54 Å². The number of nitrogens with zero attached hydrogens (tertiary/aromatic N) is 2. The first-order valence-corrected chi connectivity index (χ1v) is 10.9. The average Bonchev–Trinajstić information content (AvgIpc) is 2.85. The first-order valence-electron chi connectivity index (χ1n) is 10.9. The lowest BCUT2D eigenvalue weighted by Crippen LogP contribution is -2.49. The molecule has 0 atom stereocenters. The Bertz CT molecular complexity index is 1060. The van der Waals surface area contributed by atoms with Crippen LogP contribution in [0.2, 0.25) is 0 Å². The van der Waals surface area contributed by atoms with Crippen molar-refractivity contribution in [3.8, 4) is 28.7 Å². The van der Waals surface area contributed by atoms with Crippen LogP contribution in [0.5, 0.6) is 28.7 Å². The molecule has 33 heavy (non-hydrogen) atoms. The maximum atomic E-state index is 12.5. The Morgan fingerprint density at radius 1 is 0.758 bits per heavy atom. The van der Waals surface area contributed by atoms with Gasteiger partial charge in [-0.05, 0) is 54.1 Å². The Morgan fingerprint density at radius 2 is 1.45 bits per heavy atom. The number of rotatable bonds is 7. The topological polar surface area (TPSA) is 60.5 Å². The molecule has 3 aromatic rings. The van der Waals surface area contributed by atoms with Gasteiger partial charge < -0.3 is 23.8 Å². The number of amides is 1. The molecular formula is C26H28N2O5. The van der Waals surface area contributed by atoms with Crippen molar-refractivity contribution in [2.24, 2.45) is 0 Å². The van der Waals surface area contributed by atoms with Gasteiger partial charge in [-0.2, -0.15) is 0 Å². The molecule has 7 heteroatoms. The highest BCUT2D eigenvalue weighted by Gasteiger charge is 2.22. The molecular weight excluding hydrogens is 420 g/mol. The van der Waals surface area contributed by atoms with Crippen LogP contribution in [0.1, 0.15) is 5.56 Å². The lowest BCUT2D eigenvalue weighted by Gasteiger charge is -2.34. The molecule has 0 radical (unpaired) electrons. The Kier molecular flexibility index (Phi) is 7.32. The van der Waals surface area contributed by atoms with E-state index >= 15 is 0 Å². The van der Waals surface area contributed by atoms with Crippen LogP contribution in [0, 0.1) is 0 Å². The summed E-state index contributed by atoms with van der Waals surface area (Å²) in [6.07, 6.45) is -0.327. The number of ether oxygens (including phenoxy) is 4. The van der Waals surface area contributed by atoms with Crippen molar-refractivity contribution >= 4 is 6.09 Å². The second-order valence-corrected chi connectivity index (χ2v) is 7.71. The van der Waals surface area contributed by atoms with Gasteiger partial charge in [0.2, 0.25) is 0 Å². The van der Waals surface area contributed by atoms with Gasteiger partial charge in [0.05, 0.1) is 14.2 Å². The van der Waals surface area contributed by atoms with Gasteiger partial charge in [0.1, 0.15) is 17.2 Å². The van der Waals surface area contributed by atoms with Crippen molar-refractivity contribution in [3.63, 3.8) is 0 Å². The third-order valence-corrected chi connectivity index (χ3v) is 5.50. The molecule has 0 unspecified atom stereocenters. The lowest BCUT2D eigenvalue weighted by molar-refractivity contribution is 0.108. The quantitative estimate of drug-likeness (QED) is 0.517. The second-order valence-electron chi connectivity index (χ2n) is 7.71. The Morgan fingerprint density at radius 3 is 2.15 bits per heavy atom. The lowest BCUT2D eigenvalue weighted by atomic mass is 10.2. The zero-order valence-electron chi connectivity index (χ0n) is 18.9. The standard InChI is InChI=1S/C26H28N2O5/c1-30-21-10-12-22(13-11-21)33-26(29)28-16-14-27(15-17-28)19-20-6-5-7-23(18-20)32-25-9-4-3-8-24(25)31-2/h3-13,18H,14-17,19H2,1-2H3. The Hall–Kier alpha value is -3.71. The Labute approximate surface area is 194 Å². The number of para-hydroxylation sites is 2. The second kappa shape index (κ2) is 10.7. The van der Waals surface area contributed by atoms with Gasteiger partial charge in [-0.3, -0.25) is 4.90 Å². The van der Waals surface area contributed by atoms with E-state index in [9.17, 15) is 4.79 Å². The molecule has 1 amide bonds. The number of carbonyl (C=O) groups is 1. The summed E-state index contributed by atoms with van der Waals surface area (Å²) in [4.78, 5) is 16.5. The molecule has 1 aliphatic rings. The van der Waals surface area contributed by atoms with Crippen molar-refractivity contribution in [3.05, 3.63) is 78.4 Å². The largest absolute Gasteiger partial charge is 0.497 e. The molecule has 172 valence electrons. The van der Waals surface area contributed by atoms with E-state index in [4.69, 9.17) is 18.9 Å². The van der Waals surface area contributed by atoms with Gasteiger partial charge in [0, 0.05) is 32.7 Å². The van der Waals surface area contributed by atoms with E-state index in [1.807, 2.05) is 42.5 Å². The summed E-state index contributed by atoms with van der Waals surface area (Å²) in [5, 5.41) is 0. The summed E-state index contributed by atoms with van der Waals surface area (Å²) >= 11 is 0. The van der Waals surface area contributed by atoms with Gasteiger partial charge >= 0.3 is 6.09 Å². The molecule has 7 nitrogen and oxygen atoms in total. The summed E-state index contributed by atoms with van der Waals surface area (Å²) in [5.74, 6) is 3.37. The molecule has 0 aromatic heterocycles. The fraction of sp³-hybridized carbons (Fsp3) is 0.269. The van der Waals surface area contributed by atoms with E-state index < -0.39 is 0 Å². The van der Waals surface area contributed by atoms with E-state index in [2.05, 4.69) is 11.0 Å². The third kappa shape index (κ3) is 5.96. The van der Waals surface area contributed by atoms with Crippen LogP contribution in [0.4, 0.5) is 4.79 Å². The van der Waals surface area contributed by atoms with E-state index in [0.29, 0.717) is 30.3 Å². The molecule has 1 heterocycles. The molecule has 0 spiro atoms. The number of hydrogen-bond donors (Lipinski definition) is 0. The molecule has 0 aliphatic carbocycles. The minimum absolute atomic E-state index is 0.327. The van der Waals surface area contributed by atoms with Crippen molar-refractivity contribution in [1.29, 1.82) is 0 Å². The summed E-state index contributed by atoms with van der Waals surface area (Å²) < 4.78 is 22.0. The SMILES string of the molecule is COc1ccc(OC(=O)N2CCN(Cc3cccc(Oc4ccccc4OC)c3)CC2)cc1. The molecule has 1 saturated heterocycles. The molecule has 1 aliphatic heterocycles. The number of piperazine rings is 1. The molecule has 1 fully saturated rings. The van der Waals surface area contributed by atoms with Crippen LogP contribution in [0.25, 0.3) is 0 Å². The van der Waals surface area contributed by atoms with Crippen LogP contribution in [-0.2, 0) is 6.54 Å². The number of methoxy groups -OCH3 is 2. The van der Waals surface area contributed by atoms with Crippen LogP contribution in [-0.4, -0.2) is 56.3 Å². The fourth-order valence-electron chi connectivity index (χ4n) is 3.69. The van der Waals surface area contributed by atoms with Crippen molar-refractivity contribution in [2.75, 3.05) is 40.4 Å². The zero-order chi connectivity index (χ0) is 23.0. The maximum absolute atomic E-state index is 12.5. The summed E-state index contributed by atoms with van der Waals surface area (Å²) in [6, 6.07) is 22.6. The van der Waals surface area contributed by atoms with Crippen LogP contribution in [0.15, 0.2) is 72.8 Å². The molecule has 0 saturated carbocycles. The minimum Gasteiger partial charge on any atom is -0.497 e. The molecule has 0 bridgehead atoms. The molecule has 0 N–H and O–H groups in total. The van der Waals surface area contributed by atoms with Gasteiger partial charge in [-0.25, -0.2) is 4.79 Å². The summed E-state index contributed by atoms with van der Waals surface area (Å²) in [6.45, 7) is 3.56. The van der Waals surface area contributed by atoms with Crippen LogP contribution < -0.4 is 18.9 Å². The summed E-state index contributed by atoms with van der Waals surface area (Å²) in [5.41, 5.74) is 1.15. The van der Waals surface area contributed by atoms with Crippen LogP contribution in [0.3, 0.4) is 0 Å². The van der Waals surface area contributed by atoms with E-state index in [0.717, 1.165) is 36.7 Å². The van der Waals surface area contributed by atoms with Gasteiger partial charge in [0.15, 0.2) is 11.5 Å². The van der Waals surface area contributed by atoms with Crippen molar-refractivity contribution in [1.82, 2.24) is 9.80 Å². The smallest absolute Gasteiger partial charge is 0.415 e. The molecule has 4 rings (SSSR count). The highest BCUT2D eigenvalue weighted by atomic mass is 16.6. The summed E-state index contributed by atoms with van der Waals surface area (Å²) in [7, 11) is 3.23. The van der Waals surface area contributed by atoms with Gasteiger partial charge in [-0.1, -0.05) is 24.3 Å². The number of hydrogen-bond acceptors (Lipinski definition) is 6. The first kappa shape index (κ1) is 22.5. The normalized spacial score (nSPS) is 13.9. The van der Waals surface area contributed by atoms with Gasteiger partial charge in [-0.15, -0.1) is 0 Å². The van der Waals surface area contributed by atoms with E-state index in [1.165, 1.54) is 0 Å². The number of benzene rings is 3. The maximum Gasteiger partial charge on any atom is 0.415 e. The van der Waals surface area contributed by atoms with Crippen LogP contribution >= 0.6 is 0 Å². The Balaban J connectivity index is 1.29. The number of carbonyl (C=O) groups excluding carboxylic acids is 1.